The van der Waals surface area contributed by atoms with Crippen molar-refractivity contribution < 1.29 is 0 Å². The van der Waals surface area contributed by atoms with Crippen LogP contribution in [0.15, 0.2) is 96.0 Å². The van der Waals surface area contributed by atoms with E-state index in [1.165, 1.54) is 54.2 Å². The van der Waals surface area contributed by atoms with Crippen molar-refractivity contribution in [2.75, 3.05) is 0 Å². The molecule has 0 bridgehead atoms. The lowest BCUT2D eigenvalue weighted by Crippen LogP contribution is -1.84. The molecule has 0 saturated carbocycles. The summed E-state index contributed by atoms with van der Waals surface area (Å²) in [7, 11) is 0. The van der Waals surface area contributed by atoms with Gasteiger partial charge >= 0.3 is 0 Å². The first-order chi connectivity index (χ1) is 15.8. The van der Waals surface area contributed by atoms with E-state index in [4.69, 9.17) is 0 Å². The molecule has 7 aromatic rings. The maximum Gasteiger partial charge on any atom is 0.123 e. The summed E-state index contributed by atoms with van der Waals surface area (Å²) in [6, 6.07) is 26.9. The van der Waals surface area contributed by atoms with Gasteiger partial charge in [-0.15, -0.1) is 22.7 Å². The summed E-state index contributed by atoms with van der Waals surface area (Å²) in [5.41, 5.74) is 2.35. The summed E-state index contributed by atoms with van der Waals surface area (Å²) in [6.07, 6.45) is 3.72. The molecule has 0 amide bonds. The van der Waals surface area contributed by atoms with Gasteiger partial charge in [0.1, 0.15) is 10.0 Å². The van der Waals surface area contributed by atoms with Gasteiger partial charge in [-0.25, -0.2) is 9.97 Å². The van der Waals surface area contributed by atoms with Crippen LogP contribution in [0, 0.1) is 0 Å². The second-order valence-electron chi connectivity index (χ2n) is 7.93. The number of thiazole rings is 2. The molecule has 4 heteroatoms. The zero-order valence-corrected chi connectivity index (χ0v) is 18.6. The second kappa shape index (κ2) is 6.95. The summed E-state index contributed by atoms with van der Waals surface area (Å²) < 4.78 is 0. The van der Waals surface area contributed by atoms with Crippen molar-refractivity contribution in [3.63, 3.8) is 0 Å². The second-order valence-corrected chi connectivity index (χ2v) is 9.72. The van der Waals surface area contributed by atoms with Crippen LogP contribution >= 0.6 is 22.7 Å². The Kier molecular flexibility index (Phi) is 3.92. The normalized spacial score (nSPS) is 11.8. The Morgan fingerprint density at radius 3 is 1.28 bits per heavy atom. The first-order valence-electron chi connectivity index (χ1n) is 10.5. The van der Waals surface area contributed by atoms with Crippen LogP contribution in [-0.2, 0) is 0 Å². The zero-order chi connectivity index (χ0) is 21.1. The molecule has 0 saturated heterocycles. The van der Waals surface area contributed by atoms with Gasteiger partial charge in [-0.2, -0.15) is 0 Å². The summed E-state index contributed by atoms with van der Waals surface area (Å²) in [5.74, 6) is 0. The first-order valence-corrected chi connectivity index (χ1v) is 12.2. The van der Waals surface area contributed by atoms with Gasteiger partial charge in [0.2, 0.25) is 0 Å². The number of aromatic nitrogens is 2. The van der Waals surface area contributed by atoms with Gasteiger partial charge in [-0.3, -0.25) is 0 Å². The Balaban J connectivity index is 1.45. The van der Waals surface area contributed by atoms with Crippen molar-refractivity contribution in [1.29, 1.82) is 0 Å². The molecule has 0 aliphatic heterocycles. The molecule has 0 aliphatic rings. The van der Waals surface area contributed by atoms with E-state index < -0.39 is 0 Å². The fourth-order valence-electron chi connectivity index (χ4n) is 4.70. The lowest BCUT2D eigenvalue weighted by molar-refractivity contribution is 1.42. The van der Waals surface area contributed by atoms with Crippen LogP contribution in [0.2, 0.25) is 0 Å². The average Bonchev–Trinajstić information content (AvgIpc) is 3.57. The third-order valence-electron chi connectivity index (χ3n) is 6.19. The Labute approximate surface area is 192 Å². The smallest absolute Gasteiger partial charge is 0.123 e. The minimum atomic E-state index is 1.06. The SMILES string of the molecule is c1csc(-c2ccc3c(ccc4c3ccc3c5ccc(-c6nccs6)cc5ccc34)c2)n1. The summed E-state index contributed by atoms with van der Waals surface area (Å²) >= 11 is 3.35. The fraction of sp³-hybridized carbons (Fsp3) is 0. The lowest BCUT2D eigenvalue weighted by atomic mass is 9.93. The molecule has 7 rings (SSSR count). The summed E-state index contributed by atoms with van der Waals surface area (Å²) in [5, 5.41) is 16.4. The van der Waals surface area contributed by atoms with Crippen molar-refractivity contribution >= 4 is 65.8 Å². The first kappa shape index (κ1) is 18.0. The molecule has 2 nitrogen and oxygen atoms in total. The van der Waals surface area contributed by atoms with Crippen LogP contribution in [0.3, 0.4) is 0 Å². The van der Waals surface area contributed by atoms with Gasteiger partial charge in [0, 0.05) is 34.3 Å². The Morgan fingerprint density at radius 1 is 0.438 bits per heavy atom. The van der Waals surface area contributed by atoms with Crippen molar-refractivity contribution in [3.8, 4) is 21.1 Å². The molecule has 0 fully saturated rings. The van der Waals surface area contributed by atoms with Crippen molar-refractivity contribution in [2.24, 2.45) is 0 Å². The van der Waals surface area contributed by atoms with E-state index in [1.807, 2.05) is 23.2 Å². The third-order valence-corrected chi connectivity index (χ3v) is 7.83. The average molecular weight is 445 g/mol. The molecule has 0 atom stereocenters. The Bertz CT molecular complexity index is 1630. The third kappa shape index (κ3) is 2.70. The van der Waals surface area contributed by atoms with Crippen LogP contribution in [0.4, 0.5) is 0 Å². The van der Waals surface area contributed by atoms with Gasteiger partial charge in [0.25, 0.3) is 0 Å². The zero-order valence-electron chi connectivity index (χ0n) is 16.9. The molecular formula is C28H16N2S2. The fourth-order valence-corrected chi connectivity index (χ4v) is 5.97. The predicted octanol–water partition coefficient (Wildman–Crippen LogP) is 8.55. The number of benzene rings is 5. The number of nitrogens with zero attached hydrogens (tertiary/aromatic N) is 2. The minimum Gasteiger partial charge on any atom is -0.245 e. The molecule has 32 heavy (non-hydrogen) atoms. The molecule has 5 aromatic carbocycles. The molecule has 0 N–H and O–H groups in total. The predicted molar refractivity (Wildman–Crippen MR) is 139 cm³/mol. The van der Waals surface area contributed by atoms with Gasteiger partial charge in [-0.05, 0) is 55.2 Å². The summed E-state index contributed by atoms with van der Waals surface area (Å²) in [4.78, 5) is 8.93. The van der Waals surface area contributed by atoms with Crippen molar-refractivity contribution in [2.45, 2.75) is 0 Å². The molecule has 0 spiro atoms. The highest BCUT2D eigenvalue weighted by Gasteiger charge is 2.10. The Hall–Kier alpha value is -3.60. The van der Waals surface area contributed by atoms with Crippen LogP contribution in [-0.4, -0.2) is 9.97 Å². The van der Waals surface area contributed by atoms with E-state index >= 15 is 0 Å². The van der Waals surface area contributed by atoms with Crippen molar-refractivity contribution in [3.05, 3.63) is 96.0 Å². The highest BCUT2D eigenvalue weighted by atomic mass is 32.1. The van der Waals surface area contributed by atoms with Crippen LogP contribution in [0.5, 0.6) is 0 Å². The van der Waals surface area contributed by atoms with Crippen LogP contribution in [0.25, 0.3) is 64.2 Å². The number of hydrogen-bond acceptors (Lipinski definition) is 4. The standard InChI is InChI=1S/C28H16N2S2/c1-7-25-23(21-5-3-19(15-17(1)21)27-29-11-13-31-27)9-10-24-22-6-4-20(28-30-12-14-32-28)16-18(22)2-8-26(24)25/h1-16H. The molecule has 150 valence electrons. The van der Waals surface area contributed by atoms with Gasteiger partial charge in [0.15, 0.2) is 0 Å². The van der Waals surface area contributed by atoms with Crippen molar-refractivity contribution in [1.82, 2.24) is 9.97 Å². The van der Waals surface area contributed by atoms with E-state index in [-0.39, 0.29) is 0 Å². The van der Waals surface area contributed by atoms with E-state index in [1.54, 1.807) is 22.7 Å². The number of rotatable bonds is 2. The molecular weight excluding hydrogens is 428 g/mol. The monoisotopic (exact) mass is 444 g/mol. The highest BCUT2D eigenvalue weighted by molar-refractivity contribution is 7.13. The van der Waals surface area contributed by atoms with Gasteiger partial charge < -0.3 is 0 Å². The van der Waals surface area contributed by atoms with E-state index in [9.17, 15) is 0 Å². The number of fused-ring (bicyclic) bond motifs is 7. The molecule has 0 radical (unpaired) electrons. The van der Waals surface area contributed by atoms with E-state index in [2.05, 4.69) is 82.8 Å². The molecule has 2 heterocycles. The lowest BCUT2D eigenvalue weighted by Gasteiger charge is -2.11. The molecule has 2 aromatic heterocycles. The Morgan fingerprint density at radius 2 is 0.844 bits per heavy atom. The quantitative estimate of drug-likeness (QED) is 0.250. The van der Waals surface area contributed by atoms with Gasteiger partial charge in [-0.1, -0.05) is 60.7 Å². The van der Waals surface area contributed by atoms with Crippen LogP contribution < -0.4 is 0 Å². The number of hydrogen-bond donors (Lipinski definition) is 0. The topological polar surface area (TPSA) is 25.8 Å². The minimum absolute atomic E-state index is 1.06. The maximum atomic E-state index is 4.46. The highest BCUT2D eigenvalue weighted by Crippen LogP contribution is 2.37. The molecule has 0 unspecified atom stereocenters. The summed E-state index contributed by atoms with van der Waals surface area (Å²) in [6.45, 7) is 0. The van der Waals surface area contributed by atoms with E-state index in [0.29, 0.717) is 0 Å². The molecule has 0 aliphatic carbocycles. The van der Waals surface area contributed by atoms with E-state index in [0.717, 1.165) is 10.0 Å². The maximum absolute atomic E-state index is 4.46. The van der Waals surface area contributed by atoms with Gasteiger partial charge in [0.05, 0.1) is 0 Å². The largest absolute Gasteiger partial charge is 0.245 e. The van der Waals surface area contributed by atoms with Crippen LogP contribution in [0.1, 0.15) is 0 Å².